The Morgan fingerprint density at radius 3 is 2.86 bits per heavy atom. The van der Waals surface area contributed by atoms with E-state index in [-0.39, 0.29) is 11.3 Å². The normalized spacial score (nSPS) is 12.1. The first kappa shape index (κ1) is 10.3. The average molecular weight is 199 g/mol. The van der Waals surface area contributed by atoms with Gasteiger partial charge in [0, 0.05) is 5.56 Å². The highest BCUT2D eigenvalue weighted by Gasteiger charge is 2.14. The van der Waals surface area contributed by atoms with Crippen molar-refractivity contribution in [3.63, 3.8) is 0 Å². The van der Waals surface area contributed by atoms with E-state index in [4.69, 9.17) is 5.73 Å². The predicted molar refractivity (Wildman–Crippen MR) is 47.1 cm³/mol. The second-order valence-electron chi connectivity index (χ2n) is 2.78. The van der Waals surface area contributed by atoms with Gasteiger partial charge < -0.3 is 15.6 Å². The third-order valence-corrected chi connectivity index (χ3v) is 1.72. The van der Waals surface area contributed by atoms with Crippen molar-refractivity contribution < 1.29 is 19.0 Å². The molecular formula is C9H10FNO3. The number of ether oxygens (including phenoxy) is 1. The first-order valence-corrected chi connectivity index (χ1v) is 3.95. The number of phenols is 1. The summed E-state index contributed by atoms with van der Waals surface area (Å²) in [5, 5.41) is 9.32. The number of carbonyl (C=O) groups excluding carboxylic acids is 1. The number of carbonyl (C=O) groups is 1. The fraction of sp³-hybridized carbons (Fsp3) is 0.222. The molecule has 5 heteroatoms. The lowest BCUT2D eigenvalue weighted by Crippen LogP contribution is -2.15. The van der Waals surface area contributed by atoms with Gasteiger partial charge in [0.05, 0.1) is 0 Å². The third kappa shape index (κ3) is 2.35. The minimum atomic E-state index is -0.971. The maximum Gasteiger partial charge on any atom is 0.405 e. The smallest absolute Gasteiger partial charge is 0.405 e. The topological polar surface area (TPSA) is 72.5 Å². The van der Waals surface area contributed by atoms with Crippen molar-refractivity contribution in [2.75, 3.05) is 0 Å². The van der Waals surface area contributed by atoms with E-state index in [0.717, 1.165) is 12.1 Å². The first-order chi connectivity index (χ1) is 6.50. The Kier molecular flexibility index (Phi) is 2.91. The molecule has 0 aromatic heterocycles. The fourth-order valence-electron chi connectivity index (χ4n) is 1.09. The minimum Gasteiger partial charge on any atom is -0.508 e. The van der Waals surface area contributed by atoms with Crippen LogP contribution in [0.4, 0.5) is 9.18 Å². The van der Waals surface area contributed by atoms with E-state index in [1.165, 1.54) is 13.0 Å². The maximum absolute atomic E-state index is 12.8. The van der Waals surface area contributed by atoms with Gasteiger partial charge in [-0.05, 0) is 25.1 Å². The predicted octanol–water partition coefficient (Wildman–Crippen LogP) is 1.69. The van der Waals surface area contributed by atoms with Crippen molar-refractivity contribution in [1.82, 2.24) is 0 Å². The molecule has 76 valence electrons. The van der Waals surface area contributed by atoms with Gasteiger partial charge in [-0.15, -0.1) is 0 Å². The molecule has 1 atom stereocenters. The Morgan fingerprint density at radius 1 is 1.64 bits per heavy atom. The van der Waals surface area contributed by atoms with Gasteiger partial charge in [0.2, 0.25) is 0 Å². The zero-order valence-electron chi connectivity index (χ0n) is 7.53. The average Bonchev–Trinajstić information content (AvgIpc) is 2.08. The van der Waals surface area contributed by atoms with Crippen LogP contribution < -0.4 is 5.73 Å². The molecule has 1 rings (SSSR count). The summed E-state index contributed by atoms with van der Waals surface area (Å²) in [6.07, 6.45) is -1.75. The molecule has 0 bridgehead atoms. The van der Waals surface area contributed by atoms with Crippen LogP contribution in [0, 0.1) is 5.82 Å². The van der Waals surface area contributed by atoms with E-state index in [2.05, 4.69) is 4.74 Å². The van der Waals surface area contributed by atoms with E-state index in [0.29, 0.717) is 0 Å². The van der Waals surface area contributed by atoms with Crippen LogP contribution in [0.25, 0.3) is 0 Å². The number of hydrogen-bond acceptors (Lipinski definition) is 3. The van der Waals surface area contributed by atoms with E-state index < -0.39 is 18.0 Å². The minimum absolute atomic E-state index is 0.139. The molecule has 1 amide bonds. The van der Waals surface area contributed by atoms with Crippen LogP contribution in [0.15, 0.2) is 18.2 Å². The highest BCUT2D eigenvalue weighted by molar-refractivity contribution is 5.65. The summed E-state index contributed by atoms with van der Waals surface area (Å²) in [5.74, 6) is -0.655. The van der Waals surface area contributed by atoms with Crippen molar-refractivity contribution in [3.05, 3.63) is 29.6 Å². The lowest BCUT2D eigenvalue weighted by Gasteiger charge is -2.12. The van der Waals surface area contributed by atoms with Crippen molar-refractivity contribution in [1.29, 1.82) is 0 Å². The fourth-order valence-corrected chi connectivity index (χ4v) is 1.09. The lowest BCUT2D eigenvalue weighted by atomic mass is 10.1. The molecule has 0 heterocycles. The third-order valence-electron chi connectivity index (χ3n) is 1.72. The molecule has 1 aromatic carbocycles. The number of hydrogen-bond donors (Lipinski definition) is 2. The van der Waals surface area contributed by atoms with Crippen LogP contribution in [0.1, 0.15) is 18.6 Å². The van der Waals surface area contributed by atoms with Gasteiger partial charge >= 0.3 is 6.09 Å². The van der Waals surface area contributed by atoms with Crippen molar-refractivity contribution in [3.8, 4) is 5.75 Å². The van der Waals surface area contributed by atoms with Crippen molar-refractivity contribution in [2.24, 2.45) is 5.73 Å². The summed E-state index contributed by atoms with van der Waals surface area (Å²) in [4.78, 5) is 10.4. The largest absolute Gasteiger partial charge is 0.508 e. The van der Waals surface area contributed by atoms with Gasteiger partial charge in [-0.1, -0.05) is 0 Å². The summed E-state index contributed by atoms with van der Waals surface area (Å²) in [5.41, 5.74) is 4.97. The van der Waals surface area contributed by atoms with Crippen LogP contribution >= 0.6 is 0 Å². The Morgan fingerprint density at radius 2 is 2.29 bits per heavy atom. The molecule has 0 spiro atoms. The summed E-state index contributed by atoms with van der Waals surface area (Å²) in [7, 11) is 0. The van der Waals surface area contributed by atoms with Gasteiger partial charge in [-0.25, -0.2) is 9.18 Å². The molecule has 3 N–H and O–H groups in total. The number of nitrogens with two attached hydrogens (primary N) is 1. The molecule has 0 aliphatic rings. The zero-order valence-corrected chi connectivity index (χ0v) is 7.53. The molecule has 14 heavy (non-hydrogen) atoms. The summed E-state index contributed by atoms with van der Waals surface area (Å²) in [6, 6.07) is 3.38. The van der Waals surface area contributed by atoms with E-state index in [1.54, 1.807) is 0 Å². The van der Waals surface area contributed by atoms with Crippen LogP contribution in [0.2, 0.25) is 0 Å². The number of primary amides is 1. The SMILES string of the molecule is C[C@@H](OC(N)=O)c1cc(F)ccc1O. The number of phenolic OH excluding ortho intramolecular Hbond substituents is 1. The van der Waals surface area contributed by atoms with Crippen LogP contribution in [0.5, 0.6) is 5.75 Å². The molecule has 0 saturated carbocycles. The van der Waals surface area contributed by atoms with Crippen molar-refractivity contribution in [2.45, 2.75) is 13.0 Å². The summed E-state index contributed by atoms with van der Waals surface area (Å²) in [6.45, 7) is 1.49. The Bertz CT molecular complexity index is 354. The van der Waals surface area contributed by atoms with Gasteiger partial charge in [0.25, 0.3) is 0 Å². The Balaban J connectivity index is 2.93. The molecule has 0 saturated heterocycles. The Hall–Kier alpha value is -1.78. The van der Waals surface area contributed by atoms with Crippen LogP contribution in [-0.2, 0) is 4.74 Å². The van der Waals surface area contributed by atoms with Crippen LogP contribution in [-0.4, -0.2) is 11.2 Å². The molecular weight excluding hydrogens is 189 g/mol. The second kappa shape index (κ2) is 3.95. The standard InChI is InChI=1S/C9H10FNO3/c1-5(14-9(11)13)7-4-6(10)2-3-8(7)12/h2-5,12H,1H3,(H2,11,13)/t5-/m1/s1. The van der Waals surface area contributed by atoms with E-state index in [9.17, 15) is 14.3 Å². The number of benzene rings is 1. The summed E-state index contributed by atoms with van der Waals surface area (Å²) >= 11 is 0. The zero-order chi connectivity index (χ0) is 10.7. The second-order valence-corrected chi connectivity index (χ2v) is 2.78. The lowest BCUT2D eigenvalue weighted by molar-refractivity contribution is 0.115. The first-order valence-electron chi connectivity index (χ1n) is 3.95. The maximum atomic E-state index is 12.8. The molecule has 0 aliphatic heterocycles. The highest BCUT2D eigenvalue weighted by Crippen LogP contribution is 2.26. The molecule has 0 aliphatic carbocycles. The van der Waals surface area contributed by atoms with Crippen LogP contribution in [0.3, 0.4) is 0 Å². The van der Waals surface area contributed by atoms with Gasteiger partial charge in [-0.2, -0.15) is 0 Å². The number of aromatic hydroxyl groups is 1. The molecule has 0 radical (unpaired) electrons. The summed E-state index contributed by atoms with van der Waals surface area (Å²) < 4.78 is 17.3. The van der Waals surface area contributed by atoms with Gasteiger partial charge in [0.1, 0.15) is 17.7 Å². The number of rotatable bonds is 2. The van der Waals surface area contributed by atoms with Gasteiger partial charge in [0.15, 0.2) is 0 Å². The molecule has 0 unspecified atom stereocenters. The number of halogens is 1. The van der Waals surface area contributed by atoms with E-state index in [1.807, 2.05) is 0 Å². The van der Waals surface area contributed by atoms with E-state index >= 15 is 0 Å². The molecule has 0 fully saturated rings. The molecule has 4 nitrogen and oxygen atoms in total. The quantitative estimate of drug-likeness (QED) is 0.761. The molecule has 1 aromatic rings. The Labute approximate surface area is 80.1 Å². The van der Waals surface area contributed by atoms with Crippen molar-refractivity contribution >= 4 is 6.09 Å². The monoisotopic (exact) mass is 199 g/mol. The highest BCUT2D eigenvalue weighted by atomic mass is 19.1. The van der Waals surface area contributed by atoms with Gasteiger partial charge in [-0.3, -0.25) is 0 Å². The number of amides is 1.